The molecule has 0 spiro atoms. The number of likely N-dealkylation sites (tertiary alicyclic amines) is 1. The molecule has 1 atom stereocenters. The molecule has 2 amide bonds. The van der Waals surface area contributed by atoms with Gasteiger partial charge in [0.2, 0.25) is 0 Å². The smallest absolute Gasteiger partial charge is 0.387 e. The number of halogens is 2. The lowest BCUT2D eigenvalue weighted by Gasteiger charge is -2.30. The third kappa shape index (κ3) is 4.04. The normalized spacial score (nSPS) is 18.7. The van der Waals surface area contributed by atoms with Gasteiger partial charge in [0.25, 0.3) is 0 Å². The lowest BCUT2D eigenvalue weighted by Crippen LogP contribution is -2.44. The topological polar surface area (TPSA) is 61.8 Å². The molecule has 2 rings (SSSR count). The van der Waals surface area contributed by atoms with Crippen LogP contribution in [0.25, 0.3) is 0 Å². The van der Waals surface area contributed by atoms with Crippen molar-refractivity contribution < 1.29 is 23.4 Å². The largest absolute Gasteiger partial charge is 0.433 e. The predicted molar refractivity (Wildman–Crippen MR) is 73.6 cm³/mol. The first-order chi connectivity index (χ1) is 9.97. The van der Waals surface area contributed by atoms with E-state index in [0.29, 0.717) is 24.9 Å². The average Bonchev–Trinajstić information content (AvgIpc) is 2.42. The Morgan fingerprint density at radius 1 is 1.52 bits per heavy atom. The van der Waals surface area contributed by atoms with Crippen LogP contribution in [0.3, 0.4) is 0 Å². The van der Waals surface area contributed by atoms with Gasteiger partial charge in [-0.1, -0.05) is 12.1 Å². The van der Waals surface area contributed by atoms with E-state index in [1.165, 1.54) is 11.0 Å². The number of carbonyl (C=O) groups is 1. The number of rotatable bonds is 3. The third-order valence-electron chi connectivity index (χ3n) is 3.37. The van der Waals surface area contributed by atoms with Crippen LogP contribution in [0.15, 0.2) is 18.2 Å². The summed E-state index contributed by atoms with van der Waals surface area (Å²) >= 11 is 0. The Balaban J connectivity index is 2.12. The minimum Gasteiger partial charge on any atom is -0.433 e. The summed E-state index contributed by atoms with van der Waals surface area (Å²) < 4.78 is 29.2. The van der Waals surface area contributed by atoms with Crippen LogP contribution in [-0.2, 0) is 0 Å². The predicted octanol–water partition coefficient (Wildman–Crippen LogP) is 2.59. The summed E-state index contributed by atoms with van der Waals surface area (Å²) in [4.78, 5) is 13.6. The fourth-order valence-electron chi connectivity index (χ4n) is 2.32. The quantitative estimate of drug-likeness (QED) is 0.902. The van der Waals surface area contributed by atoms with Gasteiger partial charge in [0.15, 0.2) is 0 Å². The van der Waals surface area contributed by atoms with Gasteiger partial charge in [0.1, 0.15) is 5.75 Å². The molecular weight excluding hydrogens is 282 g/mol. The number of hydrogen-bond donors (Lipinski definition) is 2. The average molecular weight is 300 g/mol. The zero-order chi connectivity index (χ0) is 15.4. The number of ether oxygens (including phenoxy) is 1. The monoisotopic (exact) mass is 300 g/mol. The van der Waals surface area contributed by atoms with Gasteiger partial charge >= 0.3 is 12.6 Å². The van der Waals surface area contributed by atoms with Crippen LogP contribution < -0.4 is 10.1 Å². The first kappa shape index (κ1) is 15.5. The van der Waals surface area contributed by atoms with Gasteiger partial charge in [-0.05, 0) is 31.4 Å². The molecule has 1 aromatic rings. The summed E-state index contributed by atoms with van der Waals surface area (Å²) in [5, 5.41) is 12.2. The molecule has 0 aliphatic carbocycles. The van der Waals surface area contributed by atoms with E-state index in [0.717, 1.165) is 0 Å². The number of urea groups is 1. The molecule has 0 aromatic heterocycles. The zero-order valence-electron chi connectivity index (χ0n) is 11.7. The molecule has 1 aliphatic rings. The van der Waals surface area contributed by atoms with Crippen molar-refractivity contribution in [1.82, 2.24) is 4.90 Å². The second-order valence-electron chi connectivity index (χ2n) is 5.00. The maximum absolute atomic E-state index is 12.4. The molecule has 1 unspecified atom stereocenters. The standard InChI is InChI=1S/C14H18F2N2O3/c1-9-4-2-6-11(21-13(15)16)12(9)17-14(20)18-7-3-5-10(19)8-18/h2,4,6,10,13,19H,3,5,7-8H2,1H3,(H,17,20). The highest BCUT2D eigenvalue weighted by Gasteiger charge is 2.23. The van der Waals surface area contributed by atoms with Crippen LogP contribution in [-0.4, -0.2) is 41.8 Å². The van der Waals surface area contributed by atoms with Crippen LogP contribution in [0.2, 0.25) is 0 Å². The SMILES string of the molecule is Cc1cccc(OC(F)F)c1NC(=O)N1CCCC(O)C1. The summed E-state index contributed by atoms with van der Waals surface area (Å²) in [6.45, 7) is -0.499. The number of piperidine rings is 1. The maximum atomic E-state index is 12.4. The summed E-state index contributed by atoms with van der Waals surface area (Å²) in [6, 6.07) is 4.22. The van der Waals surface area contributed by atoms with Gasteiger partial charge < -0.3 is 20.1 Å². The van der Waals surface area contributed by atoms with E-state index in [4.69, 9.17) is 0 Å². The summed E-state index contributed by atoms with van der Waals surface area (Å²) in [5.41, 5.74) is 0.849. The number of nitrogens with zero attached hydrogens (tertiary/aromatic N) is 1. The number of nitrogens with one attached hydrogen (secondary N) is 1. The molecule has 0 radical (unpaired) electrons. The van der Waals surface area contributed by atoms with Gasteiger partial charge in [-0.3, -0.25) is 0 Å². The number of aryl methyl sites for hydroxylation is 1. The number of β-amino-alcohol motifs (C(OH)–C–C–N with tert-alkyl or cyclic N) is 1. The number of para-hydroxylation sites is 1. The molecule has 0 bridgehead atoms. The fourth-order valence-corrected chi connectivity index (χ4v) is 2.32. The number of amides is 2. The molecule has 21 heavy (non-hydrogen) atoms. The van der Waals surface area contributed by atoms with E-state index in [-0.39, 0.29) is 18.0 Å². The zero-order valence-corrected chi connectivity index (χ0v) is 11.7. The Labute approximate surface area is 121 Å². The van der Waals surface area contributed by atoms with Crippen molar-refractivity contribution >= 4 is 11.7 Å². The van der Waals surface area contributed by atoms with Crippen molar-refractivity contribution in [3.63, 3.8) is 0 Å². The number of anilines is 1. The van der Waals surface area contributed by atoms with Crippen molar-refractivity contribution in [3.05, 3.63) is 23.8 Å². The molecule has 0 saturated carbocycles. The molecule has 1 aromatic carbocycles. The van der Waals surface area contributed by atoms with Gasteiger partial charge in [0, 0.05) is 13.1 Å². The Kier molecular flexibility index (Phi) is 4.95. The van der Waals surface area contributed by atoms with Crippen molar-refractivity contribution in [1.29, 1.82) is 0 Å². The molecule has 1 aliphatic heterocycles. The van der Waals surface area contributed by atoms with Crippen molar-refractivity contribution in [2.75, 3.05) is 18.4 Å². The maximum Gasteiger partial charge on any atom is 0.387 e. The van der Waals surface area contributed by atoms with Crippen LogP contribution in [0.5, 0.6) is 5.75 Å². The Morgan fingerprint density at radius 3 is 2.95 bits per heavy atom. The van der Waals surface area contributed by atoms with Gasteiger partial charge in [-0.25, -0.2) is 4.79 Å². The fraction of sp³-hybridized carbons (Fsp3) is 0.500. The molecule has 116 valence electrons. The first-order valence-corrected chi connectivity index (χ1v) is 6.76. The lowest BCUT2D eigenvalue weighted by molar-refractivity contribution is -0.0493. The van der Waals surface area contributed by atoms with Crippen LogP contribution >= 0.6 is 0 Å². The lowest BCUT2D eigenvalue weighted by atomic mass is 10.1. The number of hydrogen-bond acceptors (Lipinski definition) is 3. The minimum absolute atomic E-state index is 0.0732. The van der Waals surface area contributed by atoms with Crippen LogP contribution in [0.1, 0.15) is 18.4 Å². The summed E-state index contributed by atoms with van der Waals surface area (Å²) in [6.07, 6.45) is 0.828. The van der Waals surface area contributed by atoms with E-state index in [9.17, 15) is 18.7 Å². The Bertz CT molecular complexity index is 511. The van der Waals surface area contributed by atoms with Gasteiger partial charge in [-0.15, -0.1) is 0 Å². The van der Waals surface area contributed by atoms with E-state index >= 15 is 0 Å². The molecular formula is C14H18F2N2O3. The van der Waals surface area contributed by atoms with E-state index in [2.05, 4.69) is 10.1 Å². The molecule has 5 nitrogen and oxygen atoms in total. The third-order valence-corrected chi connectivity index (χ3v) is 3.37. The van der Waals surface area contributed by atoms with Crippen molar-refractivity contribution in [2.45, 2.75) is 32.5 Å². The van der Waals surface area contributed by atoms with Crippen molar-refractivity contribution in [2.24, 2.45) is 0 Å². The number of aliphatic hydroxyl groups is 1. The van der Waals surface area contributed by atoms with Crippen LogP contribution in [0.4, 0.5) is 19.3 Å². The van der Waals surface area contributed by atoms with Gasteiger partial charge in [-0.2, -0.15) is 8.78 Å². The summed E-state index contributed by atoms with van der Waals surface area (Å²) in [7, 11) is 0. The van der Waals surface area contributed by atoms with Crippen LogP contribution in [0, 0.1) is 6.92 Å². The highest BCUT2D eigenvalue weighted by molar-refractivity contribution is 5.92. The number of alkyl halides is 2. The number of carbonyl (C=O) groups excluding carboxylic acids is 1. The number of benzene rings is 1. The Morgan fingerprint density at radius 2 is 2.29 bits per heavy atom. The second kappa shape index (κ2) is 6.71. The first-order valence-electron chi connectivity index (χ1n) is 6.76. The van der Waals surface area contributed by atoms with E-state index < -0.39 is 18.7 Å². The number of aliphatic hydroxyl groups excluding tert-OH is 1. The Hall–Kier alpha value is -1.89. The van der Waals surface area contributed by atoms with E-state index in [1.807, 2.05) is 0 Å². The molecule has 1 saturated heterocycles. The molecule has 2 N–H and O–H groups in total. The molecule has 1 fully saturated rings. The van der Waals surface area contributed by atoms with Gasteiger partial charge in [0.05, 0.1) is 11.8 Å². The van der Waals surface area contributed by atoms with Crippen molar-refractivity contribution in [3.8, 4) is 5.75 Å². The van der Waals surface area contributed by atoms with E-state index in [1.54, 1.807) is 19.1 Å². The molecule has 1 heterocycles. The molecule has 7 heteroatoms. The highest BCUT2D eigenvalue weighted by Crippen LogP contribution is 2.30. The highest BCUT2D eigenvalue weighted by atomic mass is 19.3. The summed E-state index contributed by atoms with van der Waals surface area (Å²) in [5.74, 6) is -0.0732. The minimum atomic E-state index is -2.96. The second-order valence-corrected chi connectivity index (χ2v) is 5.00.